The van der Waals surface area contributed by atoms with Gasteiger partial charge in [0.25, 0.3) is 0 Å². The van der Waals surface area contributed by atoms with E-state index in [0.29, 0.717) is 12.2 Å². The van der Waals surface area contributed by atoms with Crippen LogP contribution in [0.3, 0.4) is 0 Å². The van der Waals surface area contributed by atoms with E-state index < -0.39 is 23.4 Å². The van der Waals surface area contributed by atoms with Crippen molar-refractivity contribution in [3.05, 3.63) is 29.8 Å². The quantitative estimate of drug-likeness (QED) is 0.835. The Hall–Kier alpha value is -1.92. The lowest BCUT2D eigenvalue weighted by atomic mass is 10.2. The summed E-state index contributed by atoms with van der Waals surface area (Å²) in [6.07, 6.45) is -4.93. The fourth-order valence-corrected chi connectivity index (χ4v) is 1.49. The second kappa shape index (κ2) is 6.69. The number of rotatable bonds is 4. The largest absolute Gasteiger partial charge is 0.444 e. The highest BCUT2D eigenvalue weighted by molar-refractivity contribution is 5.67. The van der Waals surface area contributed by atoms with Crippen LogP contribution in [0.1, 0.15) is 26.3 Å². The van der Waals surface area contributed by atoms with Crippen LogP contribution in [0.15, 0.2) is 24.3 Å². The van der Waals surface area contributed by atoms with Crippen LogP contribution < -0.4 is 10.6 Å². The van der Waals surface area contributed by atoms with E-state index in [4.69, 9.17) is 4.74 Å². The van der Waals surface area contributed by atoms with Gasteiger partial charge in [0.05, 0.1) is 5.56 Å². The number of halogens is 3. The smallest absolute Gasteiger partial charge is 0.416 e. The maximum absolute atomic E-state index is 12.5. The number of alkyl carbamates (subject to hydrolysis) is 1. The van der Waals surface area contributed by atoms with E-state index >= 15 is 0 Å². The zero-order chi connectivity index (χ0) is 16.1. The predicted octanol–water partition coefficient (Wildman–Crippen LogP) is 3.64. The summed E-state index contributed by atoms with van der Waals surface area (Å²) in [7, 11) is 0. The predicted molar refractivity (Wildman–Crippen MR) is 74.2 cm³/mol. The normalized spacial score (nSPS) is 11.9. The van der Waals surface area contributed by atoms with Gasteiger partial charge < -0.3 is 15.4 Å². The van der Waals surface area contributed by atoms with Crippen LogP contribution in [0.25, 0.3) is 0 Å². The average Bonchev–Trinajstić information content (AvgIpc) is 2.32. The first-order valence-corrected chi connectivity index (χ1v) is 6.46. The van der Waals surface area contributed by atoms with E-state index in [9.17, 15) is 18.0 Å². The Morgan fingerprint density at radius 3 is 2.43 bits per heavy atom. The number of anilines is 1. The van der Waals surface area contributed by atoms with Crippen LogP contribution in [0.2, 0.25) is 0 Å². The van der Waals surface area contributed by atoms with Crippen molar-refractivity contribution in [1.82, 2.24) is 5.32 Å². The SMILES string of the molecule is CC(C)(C)OC(=O)NCCNc1cccc(C(F)(F)F)c1. The van der Waals surface area contributed by atoms with E-state index in [-0.39, 0.29) is 6.54 Å². The third kappa shape index (κ3) is 6.87. The van der Waals surface area contributed by atoms with Crippen molar-refractivity contribution >= 4 is 11.8 Å². The Morgan fingerprint density at radius 2 is 1.86 bits per heavy atom. The Labute approximate surface area is 121 Å². The second-order valence-corrected chi connectivity index (χ2v) is 5.43. The minimum Gasteiger partial charge on any atom is -0.444 e. The number of carbonyl (C=O) groups excluding carboxylic acids is 1. The topological polar surface area (TPSA) is 50.4 Å². The molecule has 0 saturated heterocycles. The van der Waals surface area contributed by atoms with Gasteiger partial charge in [-0.1, -0.05) is 6.07 Å². The molecule has 0 atom stereocenters. The molecular formula is C14H19F3N2O2. The summed E-state index contributed by atoms with van der Waals surface area (Å²) in [5, 5.41) is 5.31. The molecule has 0 aliphatic carbocycles. The molecule has 2 N–H and O–H groups in total. The highest BCUT2D eigenvalue weighted by Crippen LogP contribution is 2.30. The summed E-state index contributed by atoms with van der Waals surface area (Å²) in [5.74, 6) is 0. The molecule has 1 amide bonds. The Kier molecular flexibility index (Phi) is 5.46. The van der Waals surface area contributed by atoms with Gasteiger partial charge in [-0.2, -0.15) is 13.2 Å². The molecule has 0 aromatic heterocycles. The molecule has 0 bridgehead atoms. The monoisotopic (exact) mass is 304 g/mol. The number of hydrogen-bond donors (Lipinski definition) is 2. The molecule has 0 aliphatic rings. The van der Waals surface area contributed by atoms with Gasteiger partial charge in [-0.25, -0.2) is 4.79 Å². The van der Waals surface area contributed by atoms with Gasteiger partial charge in [0.2, 0.25) is 0 Å². The van der Waals surface area contributed by atoms with E-state index in [1.54, 1.807) is 20.8 Å². The first-order valence-electron chi connectivity index (χ1n) is 6.46. The fourth-order valence-electron chi connectivity index (χ4n) is 1.49. The summed E-state index contributed by atoms with van der Waals surface area (Å²) in [4.78, 5) is 11.3. The van der Waals surface area contributed by atoms with Crippen LogP contribution in [0, 0.1) is 0 Å². The van der Waals surface area contributed by atoms with E-state index in [1.165, 1.54) is 12.1 Å². The van der Waals surface area contributed by atoms with Crippen molar-refractivity contribution in [3.63, 3.8) is 0 Å². The molecule has 1 aromatic carbocycles. The summed E-state index contributed by atoms with van der Waals surface area (Å²) in [6, 6.07) is 4.88. The van der Waals surface area contributed by atoms with Gasteiger partial charge >= 0.3 is 12.3 Å². The fraction of sp³-hybridized carbons (Fsp3) is 0.500. The Bertz CT molecular complexity index is 482. The van der Waals surface area contributed by atoms with Crippen molar-refractivity contribution in [2.24, 2.45) is 0 Å². The first kappa shape index (κ1) is 17.1. The zero-order valence-electron chi connectivity index (χ0n) is 12.2. The van der Waals surface area contributed by atoms with Crippen LogP contribution in [-0.2, 0) is 10.9 Å². The molecule has 21 heavy (non-hydrogen) atoms. The lowest BCUT2D eigenvalue weighted by Crippen LogP contribution is -2.35. The zero-order valence-corrected chi connectivity index (χ0v) is 12.2. The molecule has 0 spiro atoms. The van der Waals surface area contributed by atoms with Gasteiger partial charge in [0.15, 0.2) is 0 Å². The van der Waals surface area contributed by atoms with Crippen LogP contribution in [-0.4, -0.2) is 24.8 Å². The maximum atomic E-state index is 12.5. The molecule has 0 unspecified atom stereocenters. The second-order valence-electron chi connectivity index (χ2n) is 5.43. The minimum absolute atomic E-state index is 0.241. The van der Waals surface area contributed by atoms with Crippen molar-refractivity contribution in [3.8, 4) is 0 Å². The molecule has 0 radical (unpaired) electrons. The summed E-state index contributed by atoms with van der Waals surface area (Å²) in [5.41, 5.74) is -0.957. The van der Waals surface area contributed by atoms with Gasteiger partial charge in [0.1, 0.15) is 5.60 Å². The number of ether oxygens (including phenoxy) is 1. The first-order chi connectivity index (χ1) is 9.58. The average molecular weight is 304 g/mol. The Morgan fingerprint density at radius 1 is 1.19 bits per heavy atom. The summed E-state index contributed by atoms with van der Waals surface area (Å²) >= 11 is 0. The van der Waals surface area contributed by atoms with Gasteiger partial charge in [0, 0.05) is 18.8 Å². The Balaban J connectivity index is 2.38. The molecule has 0 aliphatic heterocycles. The standard InChI is InChI=1S/C14H19F3N2O2/c1-13(2,3)21-12(20)19-8-7-18-11-6-4-5-10(9-11)14(15,16)17/h4-6,9,18H,7-8H2,1-3H3,(H,19,20). The highest BCUT2D eigenvalue weighted by Gasteiger charge is 2.30. The number of nitrogens with one attached hydrogen (secondary N) is 2. The van der Waals surface area contributed by atoms with Crippen molar-refractivity contribution in [2.75, 3.05) is 18.4 Å². The van der Waals surface area contributed by atoms with Crippen molar-refractivity contribution in [1.29, 1.82) is 0 Å². The number of hydrogen-bond acceptors (Lipinski definition) is 3. The summed E-state index contributed by atoms with van der Waals surface area (Å²) in [6.45, 7) is 5.76. The van der Waals surface area contributed by atoms with Gasteiger partial charge in [-0.05, 0) is 39.0 Å². The molecule has 7 heteroatoms. The van der Waals surface area contributed by atoms with Crippen molar-refractivity contribution < 1.29 is 22.7 Å². The van der Waals surface area contributed by atoms with E-state index in [2.05, 4.69) is 10.6 Å². The van der Waals surface area contributed by atoms with Crippen LogP contribution >= 0.6 is 0 Å². The molecule has 0 fully saturated rings. The number of carbonyl (C=O) groups is 1. The van der Waals surface area contributed by atoms with E-state index in [1.807, 2.05) is 0 Å². The third-order valence-corrected chi connectivity index (χ3v) is 2.31. The molecule has 0 heterocycles. The molecule has 118 valence electrons. The van der Waals surface area contributed by atoms with Crippen molar-refractivity contribution in [2.45, 2.75) is 32.5 Å². The van der Waals surface area contributed by atoms with E-state index in [0.717, 1.165) is 12.1 Å². The molecule has 1 aromatic rings. The summed E-state index contributed by atoms with van der Waals surface area (Å²) < 4.78 is 42.6. The molecular weight excluding hydrogens is 285 g/mol. The lowest BCUT2D eigenvalue weighted by molar-refractivity contribution is -0.137. The number of alkyl halides is 3. The lowest BCUT2D eigenvalue weighted by Gasteiger charge is -2.19. The van der Waals surface area contributed by atoms with Gasteiger partial charge in [-0.15, -0.1) is 0 Å². The van der Waals surface area contributed by atoms with Crippen LogP contribution in [0.4, 0.5) is 23.7 Å². The molecule has 1 rings (SSSR count). The van der Waals surface area contributed by atoms with Gasteiger partial charge in [-0.3, -0.25) is 0 Å². The number of amides is 1. The highest BCUT2D eigenvalue weighted by atomic mass is 19.4. The minimum atomic E-state index is -4.37. The maximum Gasteiger partial charge on any atom is 0.416 e. The molecule has 4 nitrogen and oxygen atoms in total. The van der Waals surface area contributed by atoms with Crippen LogP contribution in [0.5, 0.6) is 0 Å². The molecule has 0 saturated carbocycles. The number of benzene rings is 1. The third-order valence-electron chi connectivity index (χ3n) is 2.31.